The SMILES string of the molecule is COC(=O)[C@@H]1CN(Cc2ccc(OC)cc2OC)C(=O)[C@@H]1C. The molecule has 0 spiro atoms. The van der Waals surface area contributed by atoms with Crippen LogP contribution in [0.25, 0.3) is 0 Å². The Morgan fingerprint density at radius 1 is 1.27 bits per heavy atom. The maximum absolute atomic E-state index is 12.3. The molecule has 0 aliphatic carbocycles. The molecule has 0 N–H and O–H groups in total. The Morgan fingerprint density at radius 3 is 2.59 bits per heavy atom. The maximum atomic E-state index is 12.3. The summed E-state index contributed by atoms with van der Waals surface area (Å²) in [5.41, 5.74) is 0.870. The first-order valence-electron chi connectivity index (χ1n) is 7.09. The summed E-state index contributed by atoms with van der Waals surface area (Å²) >= 11 is 0. The zero-order chi connectivity index (χ0) is 16.3. The van der Waals surface area contributed by atoms with Crippen LogP contribution in [-0.4, -0.2) is 44.7 Å². The highest BCUT2D eigenvalue weighted by Crippen LogP contribution is 2.30. The van der Waals surface area contributed by atoms with E-state index in [2.05, 4.69) is 0 Å². The van der Waals surface area contributed by atoms with E-state index < -0.39 is 5.92 Å². The Balaban J connectivity index is 2.17. The van der Waals surface area contributed by atoms with Gasteiger partial charge >= 0.3 is 5.97 Å². The van der Waals surface area contributed by atoms with E-state index in [1.807, 2.05) is 12.1 Å². The fourth-order valence-corrected chi connectivity index (χ4v) is 2.71. The number of esters is 1. The van der Waals surface area contributed by atoms with Gasteiger partial charge in [0.15, 0.2) is 0 Å². The van der Waals surface area contributed by atoms with Crippen molar-refractivity contribution < 1.29 is 23.8 Å². The van der Waals surface area contributed by atoms with Crippen molar-refractivity contribution in [3.8, 4) is 11.5 Å². The van der Waals surface area contributed by atoms with E-state index in [0.29, 0.717) is 24.6 Å². The first-order chi connectivity index (χ1) is 10.5. The quantitative estimate of drug-likeness (QED) is 0.771. The molecule has 1 aliphatic rings. The number of ether oxygens (including phenoxy) is 3. The van der Waals surface area contributed by atoms with E-state index in [9.17, 15) is 9.59 Å². The second-order valence-corrected chi connectivity index (χ2v) is 5.31. The summed E-state index contributed by atoms with van der Waals surface area (Å²) < 4.78 is 15.3. The van der Waals surface area contributed by atoms with Crippen LogP contribution in [0.2, 0.25) is 0 Å². The van der Waals surface area contributed by atoms with Gasteiger partial charge in [-0.2, -0.15) is 0 Å². The lowest BCUT2D eigenvalue weighted by molar-refractivity contribution is -0.147. The fraction of sp³-hybridized carbons (Fsp3) is 0.500. The predicted octanol–water partition coefficient (Wildman–Crippen LogP) is 1.47. The molecule has 120 valence electrons. The minimum absolute atomic E-state index is 0.0479. The normalized spacial score (nSPS) is 20.9. The van der Waals surface area contributed by atoms with Gasteiger partial charge in [-0.3, -0.25) is 9.59 Å². The summed E-state index contributed by atoms with van der Waals surface area (Å²) in [4.78, 5) is 25.7. The molecule has 6 nitrogen and oxygen atoms in total. The Kier molecular flexibility index (Phi) is 4.90. The first-order valence-corrected chi connectivity index (χ1v) is 7.09. The van der Waals surface area contributed by atoms with Crippen LogP contribution in [-0.2, 0) is 20.9 Å². The van der Waals surface area contributed by atoms with Crippen molar-refractivity contribution in [3.63, 3.8) is 0 Å². The number of nitrogens with zero attached hydrogens (tertiary/aromatic N) is 1. The summed E-state index contributed by atoms with van der Waals surface area (Å²) in [6.45, 7) is 2.51. The second-order valence-electron chi connectivity index (χ2n) is 5.31. The highest BCUT2D eigenvalue weighted by Gasteiger charge is 2.42. The van der Waals surface area contributed by atoms with Crippen LogP contribution in [0, 0.1) is 11.8 Å². The van der Waals surface area contributed by atoms with E-state index >= 15 is 0 Å². The number of rotatable bonds is 5. The number of carbonyl (C=O) groups excluding carboxylic acids is 2. The average molecular weight is 307 g/mol. The Bertz CT molecular complexity index is 572. The number of hydrogen-bond acceptors (Lipinski definition) is 5. The van der Waals surface area contributed by atoms with Crippen molar-refractivity contribution in [2.75, 3.05) is 27.9 Å². The number of hydrogen-bond donors (Lipinski definition) is 0. The molecule has 22 heavy (non-hydrogen) atoms. The van der Waals surface area contributed by atoms with Crippen molar-refractivity contribution in [2.45, 2.75) is 13.5 Å². The molecule has 1 heterocycles. The lowest BCUT2D eigenvalue weighted by atomic mass is 9.98. The predicted molar refractivity (Wildman–Crippen MR) is 79.6 cm³/mol. The minimum atomic E-state index is -0.415. The Labute approximate surface area is 129 Å². The van der Waals surface area contributed by atoms with Crippen molar-refractivity contribution in [1.29, 1.82) is 0 Å². The topological polar surface area (TPSA) is 65.1 Å². The standard InChI is InChI=1S/C16H21NO5/c1-10-13(16(19)22-4)9-17(15(10)18)8-11-5-6-12(20-2)7-14(11)21-3/h5-7,10,13H,8-9H2,1-4H3/t10-,13-/m1/s1. The highest BCUT2D eigenvalue weighted by molar-refractivity contribution is 5.88. The Hall–Kier alpha value is -2.24. The molecule has 2 atom stereocenters. The molecule has 1 aromatic rings. The minimum Gasteiger partial charge on any atom is -0.497 e. The summed E-state index contributed by atoms with van der Waals surface area (Å²) in [5.74, 6) is 0.173. The van der Waals surface area contributed by atoms with Gasteiger partial charge < -0.3 is 19.1 Å². The smallest absolute Gasteiger partial charge is 0.311 e. The molecular weight excluding hydrogens is 286 g/mol. The summed E-state index contributed by atoms with van der Waals surface area (Å²) in [7, 11) is 4.50. The maximum Gasteiger partial charge on any atom is 0.311 e. The van der Waals surface area contributed by atoms with Crippen LogP contribution in [0.1, 0.15) is 12.5 Å². The number of likely N-dealkylation sites (tertiary alicyclic amines) is 1. The molecule has 0 aromatic heterocycles. The molecule has 6 heteroatoms. The van der Waals surface area contributed by atoms with Gasteiger partial charge in [0.1, 0.15) is 11.5 Å². The third kappa shape index (κ3) is 3.00. The van der Waals surface area contributed by atoms with Crippen LogP contribution < -0.4 is 9.47 Å². The van der Waals surface area contributed by atoms with Gasteiger partial charge in [0.25, 0.3) is 0 Å². The van der Waals surface area contributed by atoms with E-state index in [4.69, 9.17) is 14.2 Å². The molecule has 1 aliphatic heterocycles. The van der Waals surface area contributed by atoms with E-state index in [0.717, 1.165) is 5.56 Å². The summed E-state index contributed by atoms with van der Waals surface area (Å²) in [6, 6.07) is 5.46. The van der Waals surface area contributed by atoms with E-state index in [1.165, 1.54) is 7.11 Å². The molecular formula is C16H21NO5. The Morgan fingerprint density at radius 2 is 2.00 bits per heavy atom. The zero-order valence-corrected chi connectivity index (χ0v) is 13.3. The number of benzene rings is 1. The zero-order valence-electron chi connectivity index (χ0n) is 13.3. The molecule has 1 fully saturated rings. The molecule has 1 saturated heterocycles. The van der Waals surface area contributed by atoms with E-state index in [-0.39, 0.29) is 17.8 Å². The molecule has 1 amide bonds. The van der Waals surface area contributed by atoms with Crippen LogP contribution in [0.15, 0.2) is 18.2 Å². The van der Waals surface area contributed by atoms with Crippen molar-refractivity contribution in [1.82, 2.24) is 4.90 Å². The van der Waals surface area contributed by atoms with Gasteiger partial charge in [-0.1, -0.05) is 6.92 Å². The van der Waals surface area contributed by atoms with Gasteiger partial charge in [0, 0.05) is 24.7 Å². The van der Waals surface area contributed by atoms with Crippen LogP contribution in [0.3, 0.4) is 0 Å². The first kappa shape index (κ1) is 16.1. The van der Waals surface area contributed by atoms with Crippen molar-refractivity contribution >= 4 is 11.9 Å². The summed E-state index contributed by atoms with van der Waals surface area (Å²) in [6.07, 6.45) is 0. The lowest BCUT2D eigenvalue weighted by Crippen LogP contribution is -2.26. The van der Waals surface area contributed by atoms with Crippen molar-refractivity contribution in [2.24, 2.45) is 11.8 Å². The largest absolute Gasteiger partial charge is 0.497 e. The molecule has 0 unspecified atom stereocenters. The van der Waals surface area contributed by atoms with Crippen LogP contribution in [0.5, 0.6) is 11.5 Å². The molecule has 0 saturated carbocycles. The molecule has 1 aromatic carbocycles. The van der Waals surface area contributed by atoms with Crippen molar-refractivity contribution in [3.05, 3.63) is 23.8 Å². The third-order valence-corrected chi connectivity index (χ3v) is 4.08. The van der Waals surface area contributed by atoms with E-state index in [1.54, 1.807) is 32.1 Å². The fourth-order valence-electron chi connectivity index (χ4n) is 2.71. The lowest BCUT2D eigenvalue weighted by Gasteiger charge is -2.18. The highest BCUT2D eigenvalue weighted by atomic mass is 16.5. The summed E-state index contributed by atoms with van der Waals surface area (Å²) in [5, 5.41) is 0. The number of amides is 1. The monoisotopic (exact) mass is 307 g/mol. The van der Waals surface area contributed by atoms with Gasteiger partial charge in [0.05, 0.1) is 33.2 Å². The number of methoxy groups -OCH3 is 3. The van der Waals surface area contributed by atoms with Crippen LogP contribution >= 0.6 is 0 Å². The average Bonchev–Trinajstić information content (AvgIpc) is 2.83. The molecule has 0 radical (unpaired) electrons. The van der Waals surface area contributed by atoms with Gasteiger partial charge in [-0.15, -0.1) is 0 Å². The third-order valence-electron chi connectivity index (χ3n) is 4.08. The van der Waals surface area contributed by atoms with Gasteiger partial charge in [-0.25, -0.2) is 0 Å². The number of carbonyl (C=O) groups is 2. The van der Waals surface area contributed by atoms with Gasteiger partial charge in [0.2, 0.25) is 5.91 Å². The second kappa shape index (κ2) is 6.68. The molecule has 0 bridgehead atoms. The molecule has 2 rings (SSSR count). The van der Waals surface area contributed by atoms with Gasteiger partial charge in [-0.05, 0) is 12.1 Å². The van der Waals surface area contributed by atoms with Crippen LogP contribution in [0.4, 0.5) is 0 Å².